The SMILES string of the molecule is CC(N)C1CN(Cc2nnn(C)n2)CCO1. The predicted molar refractivity (Wildman–Crippen MR) is 57.5 cm³/mol. The molecule has 2 unspecified atom stereocenters. The number of ether oxygens (including phenoxy) is 1. The summed E-state index contributed by atoms with van der Waals surface area (Å²) in [7, 11) is 1.76. The fourth-order valence-corrected chi connectivity index (χ4v) is 1.78. The first-order valence-electron chi connectivity index (χ1n) is 5.47. The van der Waals surface area contributed by atoms with Crippen LogP contribution in [0.3, 0.4) is 0 Å². The molecule has 16 heavy (non-hydrogen) atoms. The summed E-state index contributed by atoms with van der Waals surface area (Å²) in [5, 5.41) is 11.9. The van der Waals surface area contributed by atoms with Gasteiger partial charge >= 0.3 is 0 Å². The van der Waals surface area contributed by atoms with E-state index < -0.39 is 0 Å². The summed E-state index contributed by atoms with van der Waals surface area (Å²) in [6.07, 6.45) is 0.102. The minimum Gasteiger partial charge on any atom is -0.374 e. The second-order valence-electron chi connectivity index (χ2n) is 4.20. The molecule has 1 saturated heterocycles. The zero-order valence-corrected chi connectivity index (χ0v) is 9.70. The van der Waals surface area contributed by atoms with Crippen molar-refractivity contribution < 1.29 is 4.74 Å². The molecule has 0 saturated carbocycles. The fraction of sp³-hybridized carbons (Fsp3) is 0.889. The molecule has 0 bridgehead atoms. The van der Waals surface area contributed by atoms with E-state index in [1.165, 1.54) is 4.80 Å². The number of nitrogens with two attached hydrogens (primary N) is 1. The van der Waals surface area contributed by atoms with Crippen LogP contribution >= 0.6 is 0 Å². The summed E-state index contributed by atoms with van der Waals surface area (Å²) in [5.41, 5.74) is 5.83. The average molecular weight is 226 g/mol. The third kappa shape index (κ3) is 2.75. The monoisotopic (exact) mass is 226 g/mol. The molecule has 1 aromatic heterocycles. The van der Waals surface area contributed by atoms with Gasteiger partial charge in [0.2, 0.25) is 0 Å². The van der Waals surface area contributed by atoms with E-state index in [-0.39, 0.29) is 12.1 Å². The molecule has 2 heterocycles. The summed E-state index contributed by atoms with van der Waals surface area (Å²) in [4.78, 5) is 3.72. The van der Waals surface area contributed by atoms with Crippen molar-refractivity contribution in [2.24, 2.45) is 12.8 Å². The van der Waals surface area contributed by atoms with Crippen LogP contribution in [0.15, 0.2) is 0 Å². The van der Waals surface area contributed by atoms with Crippen molar-refractivity contribution in [1.82, 2.24) is 25.1 Å². The van der Waals surface area contributed by atoms with Gasteiger partial charge in [0.25, 0.3) is 0 Å². The number of hydrogen-bond acceptors (Lipinski definition) is 6. The average Bonchev–Trinajstić information content (AvgIpc) is 2.64. The van der Waals surface area contributed by atoms with Crippen LogP contribution in [0.25, 0.3) is 0 Å². The third-order valence-electron chi connectivity index (χ3n) is 2.68. The van der Waals surface area contributed by atoms with Crippen molar-refractivity contribution in [3.05, 3.63) is 5.82 Å². The summed E-state index contributed by atoms with van der Waals surface area (Å²) < 4.78 is 5.58. The van der Waals surface area contributed by atoms with Gasteiger partial charge < -0.3 is 10.5 Å². The lowest BCUT2D eigenvalue weighted by Gasteiger charge is -2.33. The smallest absolute Gasteiger partial charge is 0.188 e. The van der Waals surface area contributed by atoms with Crippen LogP contribution in [-0.4, -0.2) is 56.9 Å². The summed E-state index contributed by atoms with van der Waals surface area (Å²) >= 11 is 0. The Morgan fingerprint density at radius 1 is 1.62 bits per heavy atom. The van der Waals surface area contributed by atoms with E-state index in [9.17, 15) is 0 Å². The zero-order valence-electron chi connectivity index (χ0n) is 9.70. The normalized spacial score (nSPS) is 24.6. The summed E-state index contributed by atoms with van der Waals surface area (Å²) in [6, 6.07) is 0.0533. The third-order valence-corrected chi connectivity index (χ3v) is 2.68. The second kappa shape index (κ2) is 4.86. The maximum absolute atomic E-state index is 5.83. The maximum Gasteiger partial charge on any atom is 0.188 e. The molecule has 7 heteroatoms. The molecule has 2 atom stereocenters. The van der Waals surface area contributed by atoms with Crippen molar-refractivity contribution in [3.8, 4) is 0 Å². The number of aromatic nitrogens is 4. The molecule has 0 amide bonds. The fourth-order valence-electron chi connectivity index (χ4n) is 1.78. The van der Waals surface area contributed by atoms with Crippen LogP contribution in [-0.2, 0) is 18.3 Å². The van der Waals surface area contributed by atoms with E-state index in [1.54, 1.807) is 7.05 Å². The van der Waals surface area contributed by atoms with Gasteiger partial charge in [0.1, 0.15) is 0 Å². The van der Waals surface area contributed by atoms with Crippen LogP contribution in [0.2, 0.25) is 0 Å². The van der Waals surface area contributed by atoms with Crippen molar-refractivity contribution in [1.29, 1.82) is 0 Å². The predicted octanol–water partition coefficient (Wildman–Crippen LogP) is -1.24. The Morgan fingerprint density at radius 3 is 3.06 bits per heavy atom. The Morgan fingerprint density at radius 2 is 2.44 bits per heavy atom. The van der Waals surface area contributed by atoms with E-state index in [2.05, 4.69) is 20.3 Å². The summed E-state index contributed by atoms with van der Waals surface area (Å²) in [6.45, 7) is 5.11. The topological polar surface area (TPSA) is 82.1 Å². The van der Waals surface area contributed by atoms with Crippen LogP contribution in [0.5, 0.6) is 0 Å². The number of aryl methyl sites for hydroxylation is 1. The molecule has 0 aliphatic carbocycles. The summed E-state index contributed by atoms with van der Waals surface area (Å²) in [5.74, 6) is 0.743. The highest BCUT2D eigenvalue weighted by Gasteiger charge is 2.24. The second-order valence-corrected chi connectivity index (χ2v) is 4.20. The first kappa shape index (κ1) is 11.4. The molecular formula is C9H18N6O. The van der Waals surface area contributed by atoms with E-state index in [0.717, 1.165) is 18.9 Å². The molecule has 1 fully saturated rings. The van der Waals surface area contributed by atoms with E-state index >= 15 is 0 Å². The lowest BCUT2D eigenvalue weighted by molar-refractivity contribution is -0.0410. The Labute approximate surface area is 94.5 Å². The van der Waals surface area contributed by atoms with Gasteiger partial charge in [-0.3, -0.25) is 4.90 Å². The van der Waals surface area contributed by atoms with Gasteiger partial charge in [-0.25, -0.2) is 0 Å². The lowest BCUT2D eigenvalue weighted by Crippen LogP contribution is -2.49. The van der Waals surface area contributed by atoms with Crippen molar-refractivity contribution >= 4 is 0 Å². The van der Waals surface area contributed by atoms with Gasteiger partial charge in [0.15, 0.2) is 5.82 Å². The minimum absolute atomic E-state index is 0.0533. The van der Waals surface area contributed by atoms with Gasteiger partial charge in [-0.2, -0.15) is 4.80 Å². The van der Waals surface area contributed by atoms with Crippen molar-refractivity contribution in [2.75, 3.05) is 19.7 Å². The van der Waals surface area contributed by atoms with Gasteiger partial charge in [-0.1, -0.05) is 0 Å². The van der Waals surface area contributed by atoms with E-state index in [4.69, 9.17) is 10.5 Å². The van der Waals surface area contributed by atoms with Crippen molar-refractivity contribution in [2.45, 2.75) is 25.6 Å². The van der Waals surface area contributed by atoms with Gasteiger partial charge in [-0.05, 0) is 12.1 Å². The molecule has 2 N–H and O–H groups in total. The molecule has 1 aliphatic rings. The molecule has 0 spiro atoms. The maximum atomic E-state index is 5.83. The highest BCUT2D eigenvalue weighted by atomic mass is 16.5. The van der Waals surface area contributed by atoms with Gasteiger partial charge in [0, 0.05) is 19.1 Å². The largest absolute Gasteiger partial charge is 0.374 e. The minimum atomic E-state index is 0.0533. The van der Waals surface area contributed by atoms with Crippen LogP contribution in [0.1, 0.15) is 12.7 Å². The Kier molecular flexibility index (Phi) is 3.47. The molecular weight excluding hydrogens is 208 g/mol. The first-order chi connectivity index (χ1) is 7.65. The highest BCUT2D eigenvalue weighted by molar-refractivity contribution is 4.82. The Hall–Kier alpha value is -1.05. The molecule has 0 aromatic carbocycles. The van der Waals surface area contributed by atoms with Crippen molar-refractivity contribution in [3.63, 3.8) is 0 Å². The molecule has 1 aliphatic heterocycles. The standard InChI is InChI=1S/C9H18N6O/c1-7(10)8-5-15(3-4-16-8)6-9-11-13-14(2)12-9/h7-8H,3-6,10H2,1-2H3. The highest BCUT2D eigenvalue weighted by Crippen LogP contribution is 2.09. The Bertz CT molecular complexity index is 338. The lowest BCUT2D eigenvalue weighted by atomic mass is 10.1. The molecule has 0 radical (unpaired) electrons. The van der Waals surface area contributed by atoms with Gasteiger partial charge in [0.05, 0.1) is 26.3 Å². The van der Waals surface area contributed by atoms with Crippen LogP contribution in [0, 0.1) is 0 Å². The zero-order chi connectivity index (χ0) is 11.5. The van der Waals surface area contributed by atoms with Crippen LogP contribution in [0.4, 0.5) is 0 Å². The van der Waals surface area contributed by atoms with Gasteiger partial charge in [-0.15, -0.1) is 10.2 Å². The molecule has 7 nitrogen and oxygen atoms in total. The van der Waals surface area contributed by atoms with E-state index in [1.807, 2.05) is 6.92 Å². The molecule has 2 rings (SSSR count). The van der Waals surface area contributed by atoms with E-state index in [0.29, 0.717) is 13.2 Å². The first-order valence-corrected chi connectivity index (χ1v) is 5.47. The number of hydrogen-bond donors (Lipinski definition) is 1. The Balaban J connectivity index is 1.90. The molecule has 1 aromatic rings. The van der Waals surface area contributed by atoms with Crippen LogP contribution < -0.4 is 5.73 Å². The number of tetrazole rings is 1. The number of rotatable bonds is 3. The number of nitrogens with zero attached hydrogens (tertiary/aromatic N) is 5. The molecule has 90 valence electrons. The number of morpholine rings is 1. The quantitative estimate of drug-likeness (QED) is 0.694.